The molecule has 0 radical (unpaired) electrons. The Morgan fingerprint density at radius 1 is 0.683 bits per heavy atom. The number of aliphatic hydroxyl groups is 5. The molecule has 0 aromatic heterocycles. The molecule has 0 heterocycles. The number of carbonyl (C=O) groups excluding carboxylic acids is 1. The third-order valence-corrected chi connectivity index (χ3v) is 13.3. The summed E-state index contributed by atoms with van der Waals surface area (Å²) in [6, 6.07) is 11.7. The number of unbranched alkanes of at least 4 members (excludes halogenated alkanes) is 4. The number of halogens is 1. The molecular formula is C48H75INa2O12. The van der Waals surface area contributed by atoms with Gasteiger partial charge in [-0.3, -0.25) is 0 Å². The van der Waals surface area contributed by atoms with Gasteiger partial charge in [0.2, 0.25) is 0 Å². The van der Waals surface area contributed by atoms with E-state index in [1.54, 1.807) is 6.92 Å². The summed E-state index contributed by atoms with van der Waals surface area (Å²) in [7, 11) is 0. The molecule has 7 N–H and O–H groups in total. The minimum absolute atomic E-state index is 0. The third kappa shape index (κ3) is 19.5. The zero-order chi connectivity index (χ0) is 42.9. The molecule has 0 aliphatic heterocycles. The Hall–Kier alpha value is -0.530. The minimum Gasteiger partial charge on any atom is -0.870 e. The van der Waals surface area contributed by atoms with Gasteiger partial charge in [0.25, 0.3) is 0 Å². The molecule has 63 heavy (non-hydrogen) atoms. The van der Waals surface area contributed by atoms with Gasteiger partial charge in [0, 0.05) is 6.61 Å². The van der Waals surface area contributed by atoms with Gasteiger partial charge >= 0.3 is 65.1 Å². The molecular weight excluding hydrogens is 941 g/mol. The van der Waals surface area contributed by atoms with E-state index in [1.807, 2.05) is 24.3 Å². The Balaban J connectivity index is 0.00000108. The molecule has 6 rings (SSSR count). The average Bonchev–Trinajstić information content (AvgIpc) is 3.68. The van der Waals surface area contributed by atoms with Crippen LogP contribution in [0.3, 0.4) is 0 Å². The van der Waals surface area contributed by atoms with Crippen LogP contribution in [-0.2, 0) is 35.3 Å². The quantitative estimate of drug-likeness (QED) is 0.0598. The van der Waals surface area contributed by atoms with E-state index in [9.17, 15) is 35.1 Å². The van der Waals surface area contributed by atoms with Gasteiger partial charge in [-0.15, -0.1) is 24.0 Å². The molecule has 10 atom stereocenters. The number of benzene rings is 2. The summed E-state index contributed by atoms with van der Waals surface area (Å²) in [5, 5.41) is 69.1. The molecule has 2 aromatic carbocycles. The topological polar surface area (TPSA) is 227 Å². The van der Waals surface area contributed by atoms with Crippen LogP contribution in [0.4, 0.5) is 0 Å². The van der Waals surface area contributed by atoms with Crippen molar-refractivity contribution in [1.29, 1.82) is 0 Å². The minimum atomic E-state index is -1.22. The van der Waals surface area contributed by atoms with Gasteiger partial charge in [-0.2, -0.15) is 0 Å². The zero-order valence-electron chi connectivity index (χ0n) is 38.7. The first kappa shape index (κ1) is 62.5. The van der Waals surface area contributed by atoms with Gasteiger partial charge in [0.1, 0.15) is 18.1 Å². The first-order chi connectivity index (χ1) is 28.4. The van der Waals surface area contributed by atoms with Crippen LogP contribution in [0.5, 0.6) is 11.5 Å². The number of hydrogen-bond acceptors (Lipinski definition) is 11. The Morgan fingerprint density at radius 3 is 1.44 bits per heavy atom. The molecule has 348 valence electrons. The smallest absolute Gasteiger partial charge is 0.870 e. The van der Waals surface area contributed by atoms with Crippen molar-refractivity contribution in [2.45, 2.75) is 161 Å². The molecule has 0 bridgehead atoms. The molecule has 0 spiro atoms. The van der Waals surface area contributed by atoms with E-state index in [2.05, 4.69) is 26.0 Å². The number of rotatable bonds is 20. The molecule has 15 heteroatoms. The van der Waals surface area contributed by atoms with Gasteiger partial charge in [0.15, 0.2) is 6.61 Å². The molecule has 4 aliphatic rings. The average molecular weight is 1020 g/mol. The van der Waals surface area contributed by atoms with Crippen molar-refractivity contribution in [3.8, 4) is 11.5 Å². The Labute approximate surface area is 437 Å². The maximum Gasteiger partial charge on any atom is 1.00 e. The summed E-state index contributed by atoms with van der Waals surface area (Å²) >= 11 is 0. The SMILES string of the molecule is CCCCC[C@H](O)CC[C@@H]1[C@H]2Cc3cccc(OCC(=O)O)c3C[C@H]2C[C@H]1O.CCCCC[C@H](O)CC[C@@H]1[C@H]2Cc3cccc(OCC(=O)[O-])c3C[C@H]2C[C@H]1O.CCO.I.[Na+].[Na+].[OH-]. The van der Waals surface area contributed by atoms with Crippen LogP contribution in [0, 0.1) is 35.5 Å². The number of carbonyl (C=O) groups is 2. The molecule has 4 aliphatic carbocycles. The fourth-order valence-corrected chi connectivity index (χ4v) is 10.5. The summed E-state index contributed by atoms with van der Waals surface area (Å²) in [5.74, 6) is 1.21. The van der Waals surface area contributed by atoms with Gasteiger partial charge in [-0.1, -0.05) is 76.6 Å². The molecule has 0 unspecified atom stereocenters. The van der Waals surface area contributed by atoms with Crippen LogP contribution < -0.4 is 73.7 Å². The van der Waals surface area contributed by atoms with Crippen molar-refractivity contribution in [2.75, 3.05) is 19.8 Å². The van der Waals surface area contributed by atoms with E-state index in [4.69, 9.17) is 19.7 Å². The summed E-state index contributed by atoms with van der Waals surface area (Å²) in [6.45, 7) is 5.50. The van der Waals surface area contributed by atoms with E-state index in [-0.39, 0.29) is 138 Å². The standard InChI is InChI=1S/2C23H34O5.C2H6O.HI.2Na.H2O/c2*1-2-3-4-7-17(24)9-10-18-19-11-15-6-5-8-22(28-14-23(26)27)20(15)12-16(19)13-21(18)25;1-2-3;;;;/h2*5-6,8,16-19,21,24-25H,2-4,7,9-14H2,1H3,(H,26,27);3H,2H2,1H3;1H;;;1H2/q;;;;2*+1;/p-2/t2*16-,17-,18+,19-,21+;;;;;/m00...../s1. The summed E-state index contributed by atoms with van der Waals surface area (Å²) < 4.78 is 10.9. The molecule has 2 aromatic rings. The predicted molar refractivity (Wildman–Crippen MR) is 242 cm³/mol. The normalized spacial score (nSPS) is 24.4. The number of ether oxygens (including phenoxy) is 2. The molecule has 2 saturated carbocycles. The van der Waals surface area contributed by atoms with Crippen molar-refractivity contribution in [2.24, 2.45) is 35.5 Å². The van der Waals surface area contributed by atoms with Gasteiger partial charge in [-0.05, 0) is 154 Å². The second kappa shape index (κ2) is 33.0. The van der Waals surface area contributed by atoms with Crippen LogP contribution in [0.25, 0.3) is 0 Å². The number of carboxylic acid groups (broad SMARTS) is 2. The second-order valence-electron chi connectivity index (χ2n) is 17.5. The van der Waals surface area contributed by atoms with E-state index < -0.39 is 18.5 Å². The van der Waals surface area contributed by atoms with Crippen LogP contribution in [0.1, 0.15) is 133 Å². The van der Waals surface area contributed by atoms with Gasteiger partial charge in [-0.25, -0.2) is 4.79 Å². The zero-order valence-corrected chi connectivity index (χ0v) is 45.0. The van der Waals surface area contributed by atoms with Crippen molar-refractivity contribution in [3.63, 3.8) is 0 Å². The van der Waals surface area contributed by atoms with Crippen LogP contribution >= 0.6 is 24.0 Å². The number of carboxylic acids is 2. The van der Waals surface area contributed by atoms with E-state index in [1.165, 1.54) is 11.1 Å². The largest absolute Gasteiger partial charge is 1.00 e. The first-order valence-corrected chi connectivity index (χ1v) is 22.6. The van der Waals surface area contributed by atoms with E-state index >= 15 is 0 Å². The van der Waals surface area contributed by atoms with Gasteiger partial charge < -0.3 is 55.5 Å². The maximum atomic E-state index is 10.8. The van der Waals surface area contributed by atoms with Crippen molar-refractivity contribution < 1.29 is 119 Å². The van der Waals surface area contributed by atoms with Crippen LogP contribution in [0.15, 0.2) is 36.4 Å². The number of aliphatic hydroxyl groups excluding tert-OH is 5. The third-order valence-electron chi connectivity index (χ3n) is 13.3. The fraction of sp³-hybridized carbons (Fsp3) is 0.708. The number of fused-ring (bicyclic) bond motifs is 4. The Morgan fingerprint density at radius 2 is 1.08 bits per heavy atom. The van der Waals surface area contributed by atoms with Crippen LogP contribution in [0.2, 0.25) is 0 Å². The van der Waals surface area contributed by atoms with E-state index in [0.717, 1.165) is 127 Å². The fourth-order valence-electron chi connectivity index (χ4n) is 10.5. The first-order valence-electron chi connectivity index (χ1n) is 22.6. The number of aliphatic carboxylic acids is 2. The summed E-state index contributed by atoms with van der Waals surface area (Å²) in [6.07, 6.45) is 15.6. The van der Waals surface area contributed by atoms with Crippen molar-refractivity contribution in [1.82, 2.24) is 0 Å². The molecule has 0 saturated heterocycles. The molecule has 0 amide bonds. The van der Waals surface area contributed by atoms with Crippen LogP contribution in [-0.4, -0.2) is 92.3 Å². The Bertz CT molecular complexity index is 1470. The molecule has 2 fully saturated rings. The summed E-state index contributed by atoms with van der Waals surface area (Å²) in [4.78, 5) is 21.6. The number of hydrogen-bond donors (Lipinski definition) is 6. The second-order valence-corrected chi connectivity index (χ2v) is 17.5. The van der Waals surface area contributed by atoms with Crippen molar-refractivity contribution in [3.05, 3.63) is 58.7 Å². The monoisotopic (exact) mass is 1020 g/mol. The summed E-state index contributed by atoms with van der Waals surface area (Å²) in [5.41, 5.74) is 4.60. The Kier molecular flexibility index (Phi) is 32.8. The maximum absolute atomic E-state index is 10.8. The molecule has 12 nitrogen and oxygen atoms in total. The van der Waals surface area contributed by atoms with E-state index in [0.29, 0.717) is 35.2 Å². The van der Waals surface area contributed by atoms with Crippen molar-refractivity contribution >= 4 is 35.9 Å². The van der Waals surface area contributed by atoms with Gasteiger partial charge in [0.05, 0.1) is 30.4 Å². The predicted octanol–water partition coefficient (Wildman–Crippen LogP) is 0.280.